The molecule has 3 rings (SSSR count). The summed E-state index contributed by atoms with van der Waals surface area (Å²) in [6.07, 6.45) is 1.93. The first-order valence-electron chi connectivity index (χ1n) is 7.27. The third kappa shape index (κ3) is 3.08. The van der Waals surface area contributed by atoms with Crippen LogP contribution in [0.1, 0.15) is 17.3 Å². The Bertz CT molecular complexity index is 896. The number of hydrogen-bond donors (Lipinski definition) is 2. The fourth-order valence-electron chi connectivity index (χ4n) is 2.58. The van der Waals surface area contributed by atoms with Crippen molar-refractivity contribution in [3.8, 4) is 0 Å². The molecule has 5 heteroatoms. The van der Waals surface area contributed by atoms with Crippen LogP contribution in [0.15, 0.2) is 54.7 Å². The maximum atomic E-state index is 12.6. The molecule has 0 unspecified atom stereocenters. The minimum atomic E-state index is -0.179. The van der Waals surface area contributed by atoms with Gasteiger partial charge in [-0.2, -0.15) is 0 Å². The summed E-state index contributed by atoms with van der Waals surface area (Å²) in [7, 11) is 1.95. The van der Waals surface area contributed by atoms with Gasteiger partial charge in [-0.1, -0.05) is 12.1 Å². The summed E-state index contributed by atoms with van der Waals surface area (Å²) in [6, 6.07) is 14.6. The predicted octanol–water partition coefficient (Wildman–Crippen LogP) is 3.39. The number of rotatable bonds is 3. The van der Waals surface area contributed by atoms with Crippen molar-refractivity contribution in [2.75, 3.05) is 10.6 Å². The number of anilines is 2. The van der Waals surface area contributed by atoms with Crippen LogP contribution >= 0.6 is 0 Å². The molecule has 0 saturated carbocycles. The monoisotopic (exact) mass is 307 g/mol. The number of nitrogens with zero attached hydrogens (tertiary/aromatic N) is 1. The number of aryl methyl sites for hydroxylation is 1. The highest BCUT2D eigenvalue weighted by molar-refractivity contribution is 6.12. The van der Waals surface area contributed by atoms with Gasteiger partial charge >= 0.3 is 0 Å². The van der Waals surface area contributed by atoms with Crippen molar-refractivity contribution < 1.29 is 9.59 Å². The number of aromatic nitrogens is 1. The van der Waals surface area contributed by atoms with Crippen LogP contribution < -0.4 is 10.6 Å². The molecule has 0 fully saturated rings. The van der Waals surface area contributed by atoms with E-state index in [1.165, 1.54) is 6.92 Å². The van der Waals surface area contributed by atoms with Crippen LogP contribution in [0.5, 0.6) is 0 Å². The molecular formula is C18H17N3O2. The average Bonchev–Trinajstić information content (AvgIpc) is 2.88. The molecule has 2 aromatic carbocycles. The fraction of sp³-hybridized carbons (Fsp3) is 0.111. The predicted molar refractivity (Wildman–Crippen MR) is 91.6 cm³/mol. The molecule has 1 aromatic heterocycles. The van der Waals surface area contributed by atoms with Gasteiger partial charge in [0.2, 0.25) is 5.91 Å². The number of hydrogen-bond acceptors (Lipinski definition) is 2. The molecule has 0 aliphatic heterocycles. The maximum absolute atomic E-state index is 12.6. The molecule has 23 heavy (non-hydrogen) atoms. The van der Waals surface area contributed by atoms with Gasteiger partial charge in [-0.3, -0.25) is 9.59 Å². The molecule has 1 heterocycles. The molecule has 0 spiro atoms. The van der Waals surface area contributed by atoms with Gasteiger partial charge in [0.15, 0.2) is 0 Å². The van der Waals surface area contributed by atoms with Crippen molar-refractivity contribution in [1.29, 1.82) is 0 Å². The molecule has 2 N–H and O–H groups in total. The van der Waals surface area contributed by atoms with E-state index in [1.807, 2.05) is 36.0 Å². The van der Waals surface area contributed by atoms with Crippen LogP contribution in [-0.2, 0) is 11.8 Å². The quantitative estimate of drug-likeness (QED) is 0.779. The van der Waals surface area contributed by atoms with Crippen molar-refractivity contribution in [2.45, 2.75) is 6.92 Å². The minimum Gasteiger partial charge on any atom is -0.351 e. The summed E-state index contributed by atoms with van der Waals surface area (Å²) in [5.41, 5.74) is 2.90. The summed E-state index contributed by atoms with van der Waals surface area (Å²) >= 11 is 0. The average molecular weight is 307 g/mol. The SMILES string of the molecule is CC(=O)Nc1cccc(NC(=O)c2cccc3c2ccn3C)c1. The lowest BCUT2D eigenvalue weighted by atomic mass is 10.1. The van der Waals surface area contributed by atoms with Gasteiger partial charge in [0.1, 0.15) is 0 Å². The molecule has 5 nitrogen and oxygen atoms in total. The number of benzene rings is 2. The van der Waals surface area contributed by atoms with Crippen LogP contribution in [0.25, 0.3) is 10.9 Å². The fourth-order valence-corrected chi connectivity index (χ4v) is 2.58. The van der Waals surface area contributed by atoms with Crippen molar-refractivity contribution in [3.05, 3.63) is 60.3 Å². The first kappa shape index (κ1) is 14.8. The van der Waals surface area contributed by atoms with Crippen molar-refractivity contribution in [3.63, 3.8) is 0 Å². The third-order valence-electron chi connectivity index (χ3n) is 3.61. The minimum absolute atomic E-state index is 0.150. The summed E-state index contributed by atoms with van der Waals surface area (Å²) < 4.78 is 1.98. The number of fused-ring (bicyclic) bond motifs is 1. The van der Waals surface area contributed by atoms with E-state index >= 15 is 0 Å². The maximum Gasteiger partial charge on any atom is 0.256 e. The summed E-state index contributed by atoms with van der Waals surface area (Å²) in [5.74, 6) is -0.329. The Kier molecular flexibility index (Phi) is 3.85. The van der Waals surface area contributed by atoms with Crippen LogP contribution in [0.2, 0.25) is 0 Å². The van der Waals surface area contributed by atoms with E-state index in [9.17, 15) is 9.59 Å². The number of carbonyl (C=O) groups excluding carboxylic acids is 2. The first-order chi connectivity index (χ1) is 11.0. The van der Waals surface area contributed by atoms with Crippen molar-refractivity contribution in [1.82, 2.24) is 4.57 Å². The Morgan fingerprint density at radius 1 is 0.957 bits per heavy atom. The Hall–Kier alpha value is -3.08. The lowest BCUT2D eigenvalue weighted by Gasteiger charge is -2.09. The van der Waals surface area contributed by atoms with Gasteiger partial charge < -0.3 is 15.2 Å². The van der Waals surface area contributed by atoms with Gasteiger partial charge in [-0.05, 0) is 36.4 Å². The second kappa shape index (κ2) is 5.96. The van der Waals surface area contributed by atoms with Crippen molar-refractivity contribution >= 4 is 34.1 Å². The van der Waals surface area contributed by atoms with Gasteiger partial charge in [-0.15, -0.1) is 0 Å². The zero-order valence-corrected chi connectivity index (χ0v) is 13.0. The van der Waals surface area contributed by atoms with Gasteiger partial charge in [0.05, 0.1) is 0 Å². The number of carbonyl (C=O) groups is 2. The van der Waals surface area contributed by atoms with Gasteiger partial charge in [0.25, 0.3) is 5.91 Å². The van der Waals surface area contributed by atoms with Gasteiger partial charge in [-0.25, -0.2) is 0 Å². The van der Waals surface area contributed by atoms with E-state index in [0.29, 0.717) is 16.9 Å². The Morgan fingerprint density at radius 2 is 1.65 bits per heavy atom. The molecule has 2 amide bonds. The normalized spacial score (nSPS) is 10.5. The van der Waals surface area contributed by atoms with Crippen molar-refractivity contribution in [2.24, 2.45) is 7.05 Å². The second-order valence-corrected chi connectivity index (χ2v) is 5.38. The Labute approximate surface area is 133 Å². The van der Waals surface area contributed by atoms with E-state index in [0.717, 1.165) is 10.9 Å². The molecule has 0 saturated heterocycles. The molecule has 0 radical (unpaired) electrons. The smallest absolute Gasteiger partial charge is 0.256 e. The highest BCUT2D eigenvalue weighted by Crippen LogP contribution is 2.21. The number of nitrogens with one attached hydrogen (secondary N) is 2. The van der Waals surface area contributed by atoms with E-state index in [1.54, 1.807) is 30.3 Å². The lowest BCUT2D eigenvalue weighted by molar-refractivity contribution is -0.114. The van der Waals surface area contributed by atoms with Crippen LogP contribution in [0.3, 0.4) is 0 Å². The molecule has 0 atom stereocenters. The molecule has 0 aliphatic rings. The molecule has 0 bridgehead atoms. The van der Waals surface area contributed by atoms with E-state index in [-0.39, 0.29) is 11.8 Å². The molecular weight excluding hydrogens is 290 g/mol. The van der Waals surface area contributed by atoms with Crippen LogP contribution in [0, 0.1) is 0 Å². The van der Waals surface area contributed by atoms with E-state index in [4.69, 9.17) is 0 Å². The topological polar surface area (TPSA) is 63.1 Å². The standard InChI is InChI=1S/C18H17N3O2/c1-12(22)19-13-5-3-6-14(11-13)20-18(23)16-7-4-8-17-15(16)9-10-21(17)2/h3-11H,1-2H3,(H,19,22)(H,20,23). The number of amides is 2. The Balaban J connectivity index is 1.88. The van der Waals surface area contributed by atoms with Gasteiger partial charge in [0, 0.05) is 48.0 Å². The second-order valence-electron chi connectivity index (χ2n) is 5.38. The zero-order valence-electron chi connectivity index (χ0n) is 13.0. The lowest BCUT2D eigenvalue weighted by Crippen LogP contribution is -2.13. The Morgan fingerprint density at radius 3 is 2.39 bits per heavy atom. The molecule has 116 valence electrons. The summed E-state index contributed by atoms with van der Waals surface area (Å²) in [5, 5.41) is 6.48. The first-order valence-corrected chi connectivity index (χ1v) is 7.27. The zero-order chi connectivity index (χ0) is 16.4. The molecule has 0 aliphatic carbocycles. The highest BCUT2D eigenvalue weighted by Gasteiger charge is 2.12. The van der Waals surface area contributed by atoms with E-state index < -0.39 is 0 Å². The summed E-state index contributed by atoms with van der Waals surface area (Å²) in [6.45, 7) is 1.45. The molecule has 3 aromatic rings. The largest absolute Gasteiger partial charge is 0.351 e. The highest BCUT2D eigenvalue weighted by atomic mass is 16.2. The summed E-state index contributed by atoms with van der Waals surface area (Å²) in [4.78, 5) is 23.7. The third-order valence-corrected chi connectivity index (χ3v) is 3.61. The van der Waals surface area contributed by atoms with Crippen LogP contribution in [0.4, 0.5) is 11.4 Å². The van der Waals surface area contributed by atoms with E-state index in [2.05, 4.69) is 10.6 Å². The van der Waals surface area contributed by atoms with Crippen LogP contribution in [-0.4, -0.2) is 16.4 Å².